The minimum absolute atomic E-state index is 0.0368. The van der Waals surface area contributed by atoms with Crippen LogP contribution in [0, 0.1) is 20.8 Å². The summed E-state index contributed by atoms with van der Waals surface area (Å²) in [6.45, 7) is 11.8. The van der Waals surface area contributed by atoms with Crippen molar-refractivity contribution >= 4 is 53.4 Å². The van der Waals surface area contributed by atoms with Crippen molar-refractivity contribution in [1.29, 1.82) is 0 Å². The number of ether oxygens (including phenoxy) is 1. The topological polar surface area (TPSA) is 175 Å². The number of sulfonamides is 1. The Morgan fingerprint density at radius 3 is 2.34 bits per heavy atom. The van der Waals surface area contributed by atoms with Gasteiger partial charge in [0.2, 0.25) is 10.0 Å². The maximum absolute atomic E-state index is 13.5. The van der Waals surface area contributed by atoms with Crippen LogP contribution in [0.3, 0.4) is 0 Å². The predicted molar refractivity (Wildman–Crippen MR) is 185 cm³/mol. The molecule has 1 amide bonds. The summed E-state index contributed by atoms with van der Waals surface area (Å²) in [6.07, 6.45) is 0.0368. The molecule has 12 nitrogen and oxygen atoms in total. The predicted octanol–water partition coefficient (Wildman–Crippen LogP) is 2.91. The summed E-state index contributed by atoms with van der Waals surface area (Å²) in [5.41, 5.74) is 2.84. The van der Waals surface area contributed by atoms with E-state index in [1.54, 1.807) is 58.9 Å². The number of carbonyl (C=O) groups excluding carboxylic acids is 2. The van der Waals surface area contributed by atoms with Gasteiger partial charge in [-0.3, -0.25) is 9.59 Å². The molecule has 250 valence electrons. The fourth-order valence-electron chi connectivity index (χ4n) is 4.78. The van der Waals surface area contributed by atoms with Crippen LogP contribution in [0.1, 0.15) is 52.7 Å². The number of carbonyl (C=O) groups is 2. The van der Waals surface area contributed by atoms with Gasteiger partial charge in [-0.05, 0) is 52.7 Å². The molecule has 1 atom stereocenters. The number of esters is 1. The molecular weight excluding hydrogens is 640 g/mol. The number of amides is 1. The molecule has 3 aromatic rings. The van der Waals surface area contributed by atoms with E-state index in [0.717, 1.165) is 21.6 Å². The van der Waals surface area contributed by atoms with Gasteiger partial charge in [0.05, 0.1) is 4.90 Å². The number of rotatable bonds is 13. The van der Waals surface area contributed by atoms with E-state index in [0.29, 0.717) is 29.7 Å². The molecule has 5 N–H and O–H groups in total. The third-order valence-electron chi connectivity index (χ3n) is 6.50. The number of nitrogens with one attached hydrogen (secondary N) is 4. The molecule has 0 saturated heterocycles. The van der Waals surface area contributed by atoms with E-state index in [-0.39, 0.29) is 23.8 Å². The zero-order chi connectivity index (χ0) is 34.9. The Morgan fingerprint density at radius 1 is 1.04 bits per heavy atom. The van der Waals surface area contributed by atoms with E-state index in [4.69, 9.17) is 4.74 Å². The van der Waals surface area contributed by atoms with Crippen LogP contribution in [0.5, 0.6) is 0 Å². The van der Waals surface area contributed by atoms with Gasteiger partial charge in [0, 0.05) is 6.54 Å². The van der Waals surface area contributed by atoms with E-state index in [1.165, 1.54) is 18.2 Å². The van der Waals surface area contributed by atoms with Crippen molar-refractivity contribution in [2.45, 2.75) is 71.4 Å². The molecule has 0 bridgehead atoms. The molecule has 0 saturated carbocycles. The first-order valence-corrected chi connectivity index (χ1v) is 17.3. The van der Waals surface area contributed by atoms with Gasteiger partial charge in [-0.15, -0.1) is 0 Å². The van der Waals surface area contributed by atoms with Gasteiger partial charge in [-0.1, -0.05) is 17.7 Å². The number of hydrogen-bond acceptors (Lipinski definition) is 9. The summed E-state index contributed by atoms with van der Waals surface area (Å²) in [6, 6.07) is 13.2. The van der Waals surface area contributed by atoms with Crippen LogP contribution in [-0.4, -0.2) is 70.1 Å². The maximum atomic E-state index is 13.5. The molecular formula is C31H41B2N5O7S2. The molecule has 1 heterocycles. The summed E-state index contributed by atoms with van der Waals surface area (Å²) in [5, 5.41) is 18.1. The SMILES string of the molecule is CB(O)/N=C(\NCB=O)NCc1cccc(-c2ccc(C(=O)NCC(NS(=O)(=O)c3c(C)cc(C)cc3C)C(=O)OC(C)(C)C)s2)c1. The molecule has 16 heteroatoms. The Bertz CT molecular complexity index is 1710. The number of hydrogen-bond donors (Lipinski definition) is 5. The van der Waals surface area contributed by atoms with Gasteiger partial charge in [0.1, 0.15) is 11.6 Å². The van der Waals surface area contributed by atoms with Crippen molar-refractivity contribution in [2.24, 2.45) is 4.90 Å². The second-order valence-electron chi connectivity index (χ2n) is 12.0. The van der Waals surface area contributed by atoms with Crippen LogP contribution in [0.2, 0.25) is 6.82 Å². The summed E-state index contributed by atoms with van der Waals surface area (Å²) in [7, 11) is -4.42. The number of aryl methyl sites for hydroxylation is 3. The van der Waals surface area contributed by atoms with Crippen molar-refractivity contribution in [3.05, 3.63) is 75.7 Å². The summed E-state index contributed by atoms with van der Waals surface area (Å²) < 4.78 is 45.6. The third-order valence-corrected chi connectivity index (χ3v) is 9.41. The number of nitrogens with zero attached hydrogens (tertiary/aromatic N) is 1. The van der Waals surface area contributed by atoms with Crippen molar-refractivity contribution < 1.29 is 32.5 Å². The zero-order valence-corrected chi connectivity index (χ0v) is 29.3. The molecule has 3 rings (SSSR count). The number of benzene rings is 2. The van der Waals surface area contributed by atoms with Crippen LogP contribution < -0.4 is 20.7 Å². The summed E-state index contributed by atoms with van der Waals surface area (Å²) in [4.78, 5) is 31.6. The first kappa shape index (κ1) is 37.6. The van der Waals surface area contributed by atoms with E-state index >= 15 is 0 Å². The minimum atomic E-state index is -4.15. The Hall–Kier alpha value is -3.85. The fraction of sp³-hybridized carbons (Fsp3) is 0.387. The first-order valence-electron chi connectivity index (χ1n) is 15.0. The van der Waals surface area contributed by atoms with Gasteiger partial charge < -0.3 is 10.1 Å². The molecule has 0 aliphatic carbocycles. The zero-order valence-electron chi connectivity index (χ0n) is 27.6. The number of guanidine groups is 1. The first-order chi connectivity index (χ1) is 22.0. The Labute approximate surface area is 281 Å². The van der Waals surface area contributed by atoms with Crippen molar-refractivity contribution in [1.82, 2.24) is 20.7 Å². The Balaban J connectivity index is 1.75. The summed E-state index contributed by atoms with van der Waals surface area (Å²) in [5.74, 6) is -1.01. The summed E-state index contributed by atoms with van der Waals surface area (Å²) >= 11 is 1.24. The van der Waals surface area contributed by atoms with Crippen molar-refractivity contribution in [3.8, 4) is 10.4 Å². The molecule has 1 aromatic heterocycles. The second-order valence-corrected chi connectivity index (χ2v) is 14.8. The fourth-order valence-corrected chi connectivity index (χ4v) is 7.34. The molecule has 0 aliphatic rings. The number of thiophene rings is 1. The molecule has 1 unspecified atom stereocenters. The van der Waals surface area contributed by atoms with Crippen LogP contribution in [0.4, 0.5) is 0 Å². The van der Waals surface area contributed by atoms with E-state index in [2.05, 4.69) is 25.6 Å². The standard InChI is InChI=1S/C31H41B2N5O7S2/c1-19-13-20(2)27(21(3)14-19)47(43,44)38-24(29(40)45-31(4,5)6)17-34-28(39)26-12-11-25(46-26)23-10-8-9-22(15-23)16-35-30(36-18-32-41)37-33(7)42/h8-15,24,38,42H,16-18H2,1-7H3,(H,34,39)(H2,35,36,37). The van der Waals surface area contributed by atoms with Crippen LogP contribution in [-0.2, 0) is 30.8 Å². The molecule has 2 aromatic carbocycles. The van der Waals surface area contributed by atoms with Gasteiger partial charge in [-0.2, -0.15) is 4.72 Å². The van der Waals surface area contributed by atoms with E-state index in [9.17, 15) is 27.7 Å². The Morgan fingerprint density at radius 2 is 1.72 bits per heavy atom. The second kappa shape index (κ2) is 16.3. The van der Waals surface area contributed by atoms with Crippen LogP contribution in [0.15, 0.2) is 58.3 Å². The quantitative estimate of drug-likeness (QED) is 0.0787. The normalized spacial score (nSPS) is 12.6. The van der Waals surface area contributed by atoms with Gasteiger partial charge >= 0.3 is 146 Å². The van der Waals surface area contributed by atoms with Crippen LogP contribution in [0.25, 0.3) is 10.4 Å². The average molecular weight is 681 g/mol. The van der Waals surface area contributed by atoms with Gasteiger partial charge in [0.25, 0.3) is 0 Å². The molecule has 0 fully saturated rings. The molecule has 0 radical (unpaired) electrons. The van der Waals surface area contributed by atoms with Crippen LogP contribution >= 0.6 is 11.3 Å². The van der Waals surface area contributed by atoms with Gasteiger partial charge in [-0.25, -0.2) is 8.42 Å². The van der Waals surface area contributed by atoms with Crippen molar-refractivity contribution in [2.75, 3.05) is 13.0 Å². The Kier molecular flexibility index (Phi) is 13.1. The average Bonchev–Trinajstić information content (AvgIpc) is 3.45. The van der Waals surface area contributed by atoms with Crippen molar-refractivity contribution in [3.63, 3.8) is 0 Å². The molecule has 0 spiro atoms. The third kappa shape index (κ3) is 11.4. The monoisotopic (exact) mass is 681 g/mol. The van der Waals surface area contributed by atoms with E-state index in [1.807, 2.05) is 31.2 Å². The molecule has 47 heavy (non-hydrogen) atoms. The molecule has 0 aliphatic heterocycles. The van der Waals surface area contributed by atoms with E-state index < -0.39 is 40.6 Å². The van der Waals surface area contributed by atoms with Gasteiger partial charge in [0.15, 0.2) is 0 Å².